The molecule has 0 unspecified atom stereocenters. The first-order chi connectivity index (χ1) is 15.7. The third kappa shape index (κ3) is 5.93. The Kier molecular flexibility index (Phi) is 7.47. The van der Waals surface area contributed by atoms with E-state index in [-0.39, 0.29) is 6.01 Å². The van der Waals surface area contributed by atoms with Gasteiger partial charge in [0.1, 0.15) is 5.02 Å². The number of aromatic nitrogens is 3. The van der Waals surface area contributed by atoms with E-state index >= 15 is 0 Å². The average Bonchev–Trinajstić information content (AvgIpc) is 2.82. The van der Waals surface area contributed by atoms with Gasteiger partial charge in [0, 0.05) is 31.4 Å². The Morgan fingerprint density at radius 1 is 1.19 bits per heavy atom. The van der Waals surface area contributed by atoms with Gasteiger partial charge in [0.2, 0.25) is 0 Å². The van der Waals surface area contributed by atoms with Crippen molar-refractivity contribution >= 4 is 29.5 Å². The quantitative estimate of drug-likeness (QED) is 0.411. The van der Waals surface area contributed by atoms with Crippen LogP contribution in [0.25, 0.3) is 0 Å². The molecule has 1 aliphatic heterocycles. The van der Waals surface area contributed by atoms with Gasteiger partial charge in [0.15, 0.2) is 11.6 Å². The van der Waals surface area contributed by atoms with Crippen molar-refractivity contribution in [1.82, 2.24) is 15.0 Å². The number of hydrogen-bond donors (Lipinski definition) is 1. The van der Waals surface area contributed by atoms with E-state index < -0.39 is 0 Å². The second kappa shape index (κ2) is 10.9. The number of nitrogens with one attached hydrogen (secondary N) is 1. The molecule has 1 aromatic carbocycles. The third-order valence-corrected chi connectivity index (χ3v) is 5.21. The molecule has 0 spiro atoms. The fourth-order valence-electron chi connectivity index (χ4n) is 3.25. The van der Waals surface area contributed by atoms with Crippen LogP contribution in [-0.2, 0) is 11.2 Å². The Hall–Kier alpha value is -3.23. The Bertz CT molecular complexity index is 1060. The van der Waals surface area contributed by atoms with Crippen LogP contribution in [0.5, 0.6) is 6.01 Å². The van der Waals surface area contributed by atoms with Gasteiger partial charge in [-0.2, -0.15) is 15.1 Å². The summed E-state index contributed by atoms with van der Waals surface area (Å²) in [4.78, 5) is 15.4. The molecular formula is C23H25ClN6O2. The van der Waals surface area contributed by atoms with Gasteiger partial charge in [-0.25, -0.2) is 0 Å². The van der Waals surface area contributed by atoms with Crippen LogP contribution < -0.4 is 15.1 Å². The van der Waals surface area contributed by atoms with Gasteiger partial charge >= 0.3 is 6.01 Å². The van der Waals surface area contributed by atoms with Gasteiger partial charge in [-0.05, 0) is 24.6 Å². The summed E-state index contributed by atoms with van der Waals surface area (Å²) in [5.74, 6) is 0.992. The van der Waals surface area contributed by atoms with E-state index in [0.29, 0.717) is 56.0 Å². The molecule has 1 saturated heterocycles. The number of ether oxygens (including phenoxy) is 2. The summed E-state index contributed by atoms with van der Waals surface area (Å²) in [6.07, 6.45) is 4.13. The fraction of sp³-hybridized carbons (Fsp3) is 0.304. The van der Waals surface area contributed by atoms with Crippen molar-refractivity contribution in [1.29, 1.82) is 0 Å². The van der Waals surface area contributed by atoms with E-state index in [1.807, 2.05) is 49.4 Å². The fourth-order valence-corrected chi connectivity index (χ4v) is 3.50. The lowest BCUT2D eigenvalue weighted by Crippen LogP contribution is -2.37. The summed E-state index contributed by atoms with van der Waals surface area (Å²) < 4.78 is 11.3. The second-order valence-corrected chi connectivity index (χ2v) is 7.67. The highest BCUT2D eigenvalue weighted by Gasteiger charge is 2.21. The summed E-state index contributed by atoms with van der Waals surface area (Å²) in [7, 11) is 0. The first-order valence-electron chi connectivity index (χ1n) is 10.5. The van der Waals surface area contributed by atoms with E-state index in [9.17, 15) is 0 Å². The number of halogens is 1. The minimum Gasteiger partial charge on any atom is -0.463 e. The molecule has 0 atom stereocenters. The summed E-state index contributed by atoms with van der Waals surface area (Å²) >= 11 is 6.64. The summed E-state index contributed by atoms with van der Waals surface area (Å²) in [6.45, 7) is 5.05. The lowest BCUT2D eigenvalue weighted by molar-refractivity contribution is 0.122. The SMILES string of the molecule is Cc1cccc(/C=N/Nc2nc(OCCc3ccccn3)nc(N3CCOCC3)c2Cl)c1. The Morgan fingerprint density at radius 3 is 2.84 bits per heavy atom. The van der Waals surface area contributed by atoms with E-state index in [2.05, 4.69) is 30.4 Å². The molecule has 0 saturated carbocycles. The number of nitrogens with zero attached hydrogens (tertiary/aromatic N) is 5. The minimum absolute atomic E-state index is 0.236. The molecule has 0 amide bonds. The van der Waals surface area contributed by atoms with Crippen LogP contribution in [0.1, 0.15) is 16.8 Å². The molecule has 1 N–H and O–H groups in total. The third-order valence-electron chi connectivity index (χ3n) is 4.87. The molecule has 0 aliphatic carbocycles. The number of pyridine rings is 1. The zero-order chi connectivity index (χ0) is 22.2. The highest BCUT2D eigenvalue weighted by atomic mass is 35.5. The molecule has 0 radical (unpaired) electrons. The van der Waals surface area contributed by atoms with Crippen LogP contribution in [0, 0.1) is 6.92 Å². The Labute approximate surface area is 192 Å². The van der Waals surface area contributed by atoms with Crippen LogP contribution in [0.4, 0.5) is 11.6 Å². The van der Waals surface area contributed by atoms with Crippen LogP contribution in [-0.4, -0.2) is 54.1 Å². The maximum atomic E-state index is 6.64. The predicted molar refractivity (Wildman–Crippen MR) is 126 cm³/mol. The maximum absolute atomic E-state index is 6.64. The Morgan fingerprint density at radius 2 is 2.06 bits per heavy atom. The molecule has 0 bridgehead atoms. The number of aryl methyl sites for hydroxylation is 1. The van der Waals surface area contributed by atoms with Crippen molar-refractivity contribution in [2.24, 2.45) is 5.10 Å². The molecule has 4 rings (SSSR count). The lowest BCUT2D eigenvalue weighted by atomic mass is 10.2. The Balaban J connectivity index is 1.52. The second-order valence-electron chi connectivity index (χ2n) is 7.30. The standard InChI is InChI=1S/C23H25ClN6O2/c1-17-5-4-6-18(15-17)16-26-29-21-20(24)22(30-10-13-31-14-11-30)28-23(27-21)32-12-8-19-7-2-3-9-25-19/h2-7,9,15-16H,8,10-14H2,1H3,(H,27,28,29)/b26-16+. The maximum Gasteiger partial charge on any atom is 0.320 e. The van der Waals surface area contributed by atoms with Gasteiger partial charge in [-0.15, -0.1) is 0 Å². The molecule has 3 heterocycles. The monoisotopic (exact) mass is 452 g/mol. The largest absolute Gasteiger partial charge is 0.463 e. The summed E-state index contributed by atoms with van der Waals surface area (Å²) in [5, 5.41) is 4.70. The van der Waals surface area contributed by atoms with Crippen molar-refractivity contribution in [3.05, 3.63) is 70.5 Å². The van der Waals surface area contributed by atoms with Crippen molar-refractivity contribution in [3.8, 4) is 6.01 Å². The van der Waals surface area contributed by atoms with E-state index in [0.717, 1.165) is 16.8 Å². The summed E-state index contributed by atoms with van der Waals surface area (Å²) in [5.41, 5.74) is 6.02. The lowest BCUT2D eigenvalue weighted by Gasteiger charge is -2.28. The molecule has 2 aromatic heterocycles. The van der Waals surface area contributed by atoms with Crippen molar-refractivity contribution in [2.75, 3.05) is 43.2 Å². The van der Waals surface area contributed by atoms with E-state index in [4.69, 9.17) is 21.1 Å². The topological polar surface area (TPSA) is 84.8 Å². The molecule has 9 heteroatoms. The van der Waals surface area contributed by atoms with Crippen molar-refractivity contribution in [3.63, 3.8) is 0 Å². The first kappa shape index (κ1) is 22.0. The molecular weight excluding hydrogens is 428 g/mol. The van der Waals surface area contributed by atoms with Gasteiger partial charge < -0.3 is 14.4 Å². The number of rotatable bonds is 8. The van der Waals surface area contributed by atoms with E-state index in [1.54, 1.807) is 12.4 Å². The van der Waals surface area contributed by atoms with Crippen LogP contribution >= 0.6 is 11.6 Å². The average molecular weight is 453 g/mol. The number of morpholine rings is 1. The van der Waals surface area contributed by atoms with Gasteiger partial charge in [0.25, 0.3) is 0 Å². The van der Waals surface area contributed by atoms with Crippen LogP contribution in [0.3, 0.4) is 0 Å². The number of anilines is 2. The molecule has 8 nitrogen and oxygen atoms in total. The van der Waals surface area contributed by atoms with Crippen molar-refractivity contribution < 1.29 is 9.47 Å². The van der Waals surface area contributed by atoms with E-state index in [1.165, 1.54) is 0 Å². The number of hydrogen-bond acceptors (Lipinski definition) is 8. The predicted octanol–water partition coefficient (Wildman–Crippen LogP) is 3.74. The molecule has 166 valence electrons. The van der Waals surface area contributed by atoms with Crippen LogP contribution in [0.2, 0.25) is 5.02 Å². The number of benzene rings is 1. The van der Waals surface area contributed by atoms with Gasteiger partial charge in [0.05, 0.1) is 26.0 Å². The molecule has 1 fully saturated rings. The highest BCUT2D eigenvalue weighted by molar-refractivity contribution is 6.35. The zero-order valence-corrected chi connectivity index (χ0v) is 18.6. The van der Waals surface area contributed by atoms with Crippen molar-refractivity contribution in [2.45, 2.75) is 13.3 Å². The molecule has 3 aromatic rings. The molecule has 1 aliphatic rings. The minimum atomic E-state index is 0.236. The van der Waals surface area contributed by atoms with Gasteiger partial charge in [-0.1, -0.05) is 47.5 Å². The zero-order valence-electron chi connectivity index (χ0n) is 17.9. The van der Waals surface area contributed by atoms with Crippen LogP contribution in [0.15, 0.2) is 53.8 Å². The molecule has 32 heavy (non-hydrogen) atoms. The first-order valence-corrected chi connectivity index (χ1v) is 10.9. The summed E-state index contributed by atoms with van der Waals surface area (Å²) in [6, 6.07) is 14.1. The smallest absolute Gasteiger partial charge is 0.320 e. The normalized spacial score (nSPS) is 14.0. The highest BCUT2D eigenvalue weighted by Crippen LogP contribution is 2.32. The number of hydrazone groups is 1. The van der Waals surface area contributed by atoms with Gasteiger partial charge in [-0.3, -0.25) is 10.4 Å².